The van der Waals surface area contributed by atoms with Crippen LogP contribution >= 0.6 is 22.6 Å². The summed E-state index contributed by atoms with van der Waals surface area (Å²) in [6, 6.07) is 13.7. The van der Waals surface area contributed by atoms with Crippen molar-refractivity contribution in [3.8, 4) is 5.75 Å². The van der Waals surface area contributed by atoms with E-state index in [4.69, 9.17) is 4.74 Å². The summed E-state index contributed by atoms with van der Waals surface area (Å²) < 4.78 is 6.82. The summed E-state index contributed by atoms with van der Waals surface area (Å²) in [5.74, 6) is 0.715. The molecule has 2 aromatic carbocycles. The van der Waals surface area contributed by atoms with Crippen LogP contribution in [0.4, 0.5) is 5.69 Å². The molecule has 102 valence electrons. The molecule has 0 radical (unpaired) electrons. The number of rotatable bonds is 2. The van der Waals surface area contributed by atoms with Crippen LogP contribution in [0.1, 0.15) is 11.1 Å². The van der Waals surface area contributed by atoms with Gasteiger partial charge in [0, 0.05) is 15.7 Å². The Hall–Kier alpha value is -1.56. The summed E-state index contributed by atoms with van der Waals surface area (Å²) in [7, 11) is 0. The molecule has 0 fully saturated rings. The SMILES string of the molecule is Cc1ccc(NC(=O)C2Cc3ccccc3O2)cc1I. The van der Waals surface area contributed by atoms with Crippen molar-refractivity contribution >= 4 is 34.2 Å². The molecule has 1 atom stereocenters. The number of ether oxygens (including phenoxy) is 1. The number of benzene rings is 2. The summed E-state index contributed by atoms with van der Waals surface area (Å²) in [6.45, 7) is 2.05. The molecular weight excluding hydrogens is 365 g/mol. The zero-order chi connectivity index (χ0) is 14.1. The molecule has 1 amide bonds. The van der Waals surface area contributed by atoms with Crippen LogP contribution in [0, 0.1) is 10.5 Å². The lowest BCUT2D eigenvalue weighted by Gasteiger charge is -2.12. The molecule has 1 N–H and O–H groups in total. The second-order valence-electron chi connectivity index (χ2n) is 4.87. The second kappa shape index (κ2) is 5.44. The Labute approximate surface area is 131 Å². The Kier molecular flexibility index (Phi) is 3.65. The van der Waals surface area contributed by atoms with Gasteiger partial charge in [-0.1, -0.05) is 24.3 Å². The first-order valence-corrected chi connectivity index (χ1v) is 7.53. The molecule has 1 aliphatic rings. The average molecular weight is 379 g/mol. The molecule has 0 saturated heterocycles. The van der Waals surface area contributed by atoms with Gasteiger partial charge in [0.05, 0.1) is 0 Å². The average Bonchev–Trinajstić information content (AvgIpc) is 2.87. The van der Waals surface area contributed by atoms with Crippen LogP contribution in [0.5, 0.6) is 5.75 Å². The monoisotopic (exact) mass is 379 g/mol. The van der Waals surface area contributed by atoms with E-state index in [1.54, 1.807) is 0 Å². The summed E-state index contributed by atoms with van der Waals surface area (Å²) in [6.07, 6.45) is 0.191. The minimum absolute atomic E-state index is 0.0964. The van der Waals surface area contributed by atoms with Crippen LogP contribution in [0.25, 0.3) is 0 Å². The first-order chi connectivity index (χ1) is 9.63. The largest absolute Gasteiger partial charge is 0.480 e. The second-order valence-corrected chi connectivity index (χ2v) is 6.03. The number of para-hydroxylation sites is 1. The lowest BCUT2D eigenvalue weighted by molar-refractivity contribution is -0.122. The van der Waals surface area contributed by atoms with Gasteiger partial charge in [0.1, 0.15) is 5.75 Å². The highest BCUT2D eigenvalue weighted by molar-refractivity contribution is 14.1. The van der Waals surface area contributed by atoms with Gasteiger partial charge in [-0.25, -0.2) is 0 Å². The van der Waals surface area contributed by atoms with Gasteiger partial charge in [0.2, 0.25) is 0 Å². The number of carbonyl (C=O) groups excluding carboxylic acids is 1. The molecule has 1 heterocycles. The number of anilines is 1. The van der Waals surface area contributed by atoms with Crippen LogP contribution in [0.15, 0.2) is 42.5 Å². The molecular formula is C16H14INO2. The maximum atomic E-state index is 12.2. The van der Waals surface area contributed by atoms with Crippen LogP contribution in [-0.2, 0) is 11.2 Å². The molecule has 3 rings (SSSR count). The van der Waals surface area contributed by atoms with Crippen LogP contribution < -0.4 is 10.1 Å². The maximum Gasteiger partial charge on any atom is 0.265 e. The molecule has 1 aliphatic heterocycles. The zero-order valence-corrected chi connectivity index (χ0v) is 13.2. The molecule has 0 spiro atoms. The van der Waals surface area contributed by atoms with Crippen molar-refractivity contribution in [1.82, 2.24) is 0 Å². The highest BCUT2D eigenvalue weighted by Crippen LogP contribution is 2.28. The number of aryl methyl sites for hydroxylation is 1. The third-order valence-corrected chi connectivity index (χ3v) is 4.54. The predicted octanol–water partition coefficient (Wildman–Crippen LogP) is 3.54. The van der Waals surface area contributed by atoms with E-state index < -0.39 is 6.10 Å². The van der Waals surface area contributed by atoms with E-state index in [0.29, 0.717) is 6.42 Å². The molecule has 2 aromatic rings. The topological polar surface area (TPSA) is 38.3 Å². The van der Waals surface area contributed by atoms with E-state index in [2.05, 4.69) is 27.9 Å². The van der Waals surface area contributed by atoms with E-state index in [1.807, 2.05) is 49.4 Å². The lowest BCUT2D eigenvalue weighted by Crippen LogP contribution is -2.31. The van der Waals surface area contributed by atoms with Gasteiger partial charge in [-0.2, -0.15) is 0 Å². The van der Waals surface area contributed by atoms with E-state index >= 15 is 0 Å². The first kappa shape index (κ1) is 13.4. The van der Waals surface area contributed by atoms with Gasteiger partial charge in [0.25, 0.3) is 5.91 Å². The Bertz CT molecular complexity index is 644. The Balaban J connectivity index is 1.71. The van der Waals surface area contributed by atoms with Gasteiger partial charge in [0.15, 0.2) is 6.10 Å². The highest BCUT2D eigenvalue weighted by atomic mass is 127. The number of amides is 1. The van der Waals surface area contributed by atoms with Crippen LogP contribution in [-0.4, -0.2) is 12.0 Å². The van der Waals surface area contributed by atoms with E-state index in [0.717, 1.165) is 20.6 Å². The lowest BCUT2D eigenvalue weighted by atomic mass is 10.1. The van der Waals surface area contributed by atoms with Gasteiger partial charge in [-0.3, -0.25) is 4.79 Å². The Morgan fingerprint density at radius 1 is 1.30 bits per heavy atom. The van der Waals surface area contributed by atoms with Crippen molar-refractivity contribution in [2.45, 2.75) is 19.4 Å². The van der Waals surface area contributed by atoms with Crippen LogP contribution in [0.2, 0.25) is 0 Å². The number of nitrogens with one attached hydrogen (secondary N) is 1. The number of carbonyl (C=O) groups is 1. The smallest absolute Gasteiger partial charge is 0.265 e. The normalized spacial score (nSPS) is 16.4. The quantitative estimate of drug-likeness (QED) is 0.811. The summed E-state index contributed by atoms with van der Waals surface area (Å²) in [4.78, 5) is 12.2. The fraction of sp³-hybridized carbons (Fsp3) is 0.188. The summed E-state index contributed by atoms with van der Waals surface area (Å²) in [5.41, 5.74) is 3.10. The molecule has 20 heavy (non-hydrogen) atoms. The summed E-state index contributed by atoms with van der Waals surface area (Å²) in [5, 5.41) is 2.92. The Morgan fingerprint density at radius 2 is 2.10 bits per heavy atom. The number of hydrogen-bond donors (Lipinski definition) is 1. The fourth-order valence-electron chi connectivity index (χ4n) is 2.22. The molecule has 0 aliphatic carbocycles. The number of fused-ring (bicyclic) bond motifs is 1. The van der Waals surface area contributed by atoms with E-state index in [1.165, 1.54) is 5.56 Å². The molecule has 1 unspecified atom stereocenters. The predicted molar refractivity (Wildman–Crippen MR) is 87.1 cm³/mol. The number of halogens is 1. The summed E-state index contributed by atoms with van der Waals surface area (Å²) >= 11 is 2.26. The van der Waals surface area contributed by atoms with Crippen molar-refractivity contribution in [3.05, 3.63) is 57.2 Å². The molecule has 0 bridgehead atoms. The van der Waals surface area contributed by atoms with E-state index in [-0.39, 0.29) is 5.91 Å². The minimum atomic E-state index is -0.439. The maximum absolute atomic E-state index is 12.2. The van der Waals surface area contributed by atoms with Crippen molar-refractivity contribution in [2.24, 2.45) is 0 Å². The first-order valence-electron chi connectivity index (χ1n) is 6.45. The minimum Gasteiger partial charge on any atom is -0.480 e. The number of hydrogen-bond acceptors (Lipinski definition) is 2. The standard InChI is InChI=1S/C16H14INO2/c1-10-6-7-12(9-13(10)17)18-16(19)15-8-11-4-2-3-5-14(11)20-15/h2-7,9,15H,8H2,1H3,(H,18,19). The highest BCUT2D eigenvalue weighted by Gasteiger charge is 2.28. The third-order valence-electron chi connectivity index (χ3n) is 3.38. The van der Waals surface area contributed by atoms with Crippen molar-refractivity contribution in [1.29, 1.82) is 0 Å². The molecule has 4 heteroatoms. The Morgan fingerprint density at radius 3 is 2.85 bits per heavy atom. The van der Waals surface area contributed by atoms with Crippen LogP contribution in [0.3, 0.4) is 0 Å². The third kappa shape index (κ3) is 2.65. The molecule has 3 nitrogen and oxygen atoms in total. The van der Waals surface area contributed by atoms with E-state index in [9.17, 15) is 4.79 Å². The van der Waals surface area contributed by atoms with Gasteiger partial charge in [-0.15, -0.1) is 0 Å². The van der Waals surface area contributed by atoms with Crippen molar-refractivity contribution in [2.75, 3.05) is 5.32 Å². The zero-order valence-electron chi connectivity index (χ0n) is 11.0. The van der Waals surface area contributed by atoms with Crippen molar-refractivity contribution < 1.29 is 9.53 Å². The van der Waals surface area contributed by atoms with Gasteiger partial charge >= 0.3 is 0 Å². The molecule has 0 saturated carbocycles. The van der Waals surface area contributed by atoms with Gasteiger partial charge in [-0.05, 0) is 58.8 Å². The molecule has 0 aromatic heterocycles. The van der Waals surface area contributed by atoms with Crippen molar-refractivity contribution in [3.63, 3.8) is 0 Å². The van der Waals surface area contributed by atoms with Gasteiger partial charge < -0.3 is 10.1 Å². The fourth-order valence-corrected chi connectivity index (χ4v) is 2.74.